The van der Waals surface area contributed by atoms with Gasteiger partial charge in [0, 0.05) is 29.1 Å². The van der Waals surface area contributed by atoms with Gasteiger partial charge in [-0.3, -0.25) is 4.98 Å². The minimum Gasteiger partial charge on any atom is -0.264 e. The zero-order chi connectivity index (χ0) is 21.2. The second kappa shape index (κ2) is 8.11. The molecule has 0 atom stereocenters. The molecule has 0 amide bonds. The van der Waals surface area contributed by atoms with Gasteiger partial charge in [0.1, 0.15) is 0 Å². The lowest BCUT2D eigenvalue weighted by Gasteiger charge is -2.16. The third kappa shape index (κ3) is 3.59. The van der Waals surface area contributed by atoms with Gasteiger partial charge in [0.2, 0.25) is 0 Å². The summed E-state index contributed by atoms with van der Waals surface area (Å²) in [5, 5.41) is 0. The molecular weight excluding hydrogens is 378 g/mol. The number of hydrogen-bond acceptors (Lipinski definition) is 3. The minimum absolute atomic E-state index is 0.908. The topological polar surface area (TPSA) is 38.7 Å². The summed E-state index contributed by atoms with van der Waals surface area (Å²) >= 11 is 0. The number of benzene rings is 3. The summed E-state index contributed by atoms with van der Waals surface area (Å²) in [6, 6.07) is 27.0. The van der Waals surface area contributed by atoms with Crippen molar-refractivity contribution in [2.75, 3.05) is 0 Å². The molecule has 5 rings (SSSR count). The van der Waals surface area contributed by atoms with Crippen molar-refractivity contribution in [1.29, 1.82) is 0 Å². The molecule has 0 aliphatic rings. The predicted octanol–water partition coefficient (Wildman–Crippen LogP) is 6.90. The molecule has 3 nitrogen and oxygen atoms in total. The van der Waals surface area contributed by atoms with Crippen LogP contribution in [0.1, 0.15) is 18.1 Å². The lowest BCUT2D eigenvalue weighted by Crippen LogP contribution is -1.99. The molecule has 0 N–H and O–H groups in total. The fourth-order valence-electron chi connectivity index (χ4n) is 4.08. The molecule has 2 aromatic heterocycles. The number of nitrogens with zero attached hydrogens (tertiary/aromatic N) is 3. The first-order valence-electron chi connectivity index (χ1n) is 10.6. The van der Waals surface area contributed by atoms with E-state index in [1.807, 2.05) is 60.9 Å². The van der Waals surface area contributed by atoms with Crippen molar-refractivity contribution in [3.8, 4) is 33.6 Å². The fourth-order valence-corrected chi connectivity index (χ4v) is 4.08. The highest BCUT2D eigenvalue weighted by molar-refractivity contribution is 5.88. The van der Waals surface area contributed by atoms with Crippen LogP contribution in [0.4, 0.5) is 0 Å². The standard InChI is InChI=1S/C28H23N3/c1-3-20-17-23(22-12-9-15-29-18-22)19(2)16-24(20)28-27(21-10-5-4-6-11-21)30-25-13-7-8-14-26(25)31-28/h4-18H,3H2,1-2H3. The van der Waals surface area contributed by atoms with Crippen LogP contribution in [-0.4, -0.2) is 15.0 Å². The second-order valence-electron chi connectivity index (χ2n) is 7.70. The Morgan fingerprint density at radius 2 is 1.35 bits per heavy atom. The van der Waals surface area contributed by atoms with Crippen molar-refractivity contribution in [2.45, 2.75) is 20.3 Å². The van der Waals surface area contributed by atoms with Crippen molar-refractivity contribution in [2.24, 2.45) is 0 Å². The largest absolute Gasteiger partial charge is 0.264 e. The van der Waals surface area contributed by atoms with Crippen LogP contribution >= 0.6 is 0 Å². The van der Waals surface area contributed by atoms with E-state index in [4.69, 9.17) is 9.97 Å². The zero-order valence-corrected chi connectivity index (χ0v) is 17.7. The van der Waals surface area contributed by atoms with Gasteiger partial charge in [-0.15, -0.1) is 0 Å². The van der Waals surface area contributed by atoms with Crippen molar-refractivity contribution >= 4 is 11.0 Å². The molecule has 0 fully saturated rings. The highest BCUT2D eigenvalue weighted by Gasteiger charge is 2.17. The summed E-state index contributed by atoms with van der Waals surface area (Å²) in [6.07, 6.45) is 4.64. The molecule has 5 aromatic rings. The number of rotatable bonds is 4. The lowest BCUT2D eigenvalue weighted by molar-refractivity contribution is 1.13. The Morgan fingerprint density at radius 3 is 2.03 bits per heavy atom. The summed E-state index contributed by atoms with van der Waals surface area (Å²) in [7, 11) is 0. The van der Waals surface area contributed by atoms with Crippen LogP contribution in [-0.2, 0) is 6.42 Å². The number of pyridine rings is 1. The van der Waals surface area contributed by atoms with E-state index in [0.717, 1.165) is 45.5 Å². The third-order valence-electron chi connectivity index (χ3n) is 5.68. The SMILES string of the molecule is CCc1cc(-c2cccnc2)c(C)cc1-c1nc2ccccc2nc1-c1ccccc1. The Hall–Kier alpha value is -3.85. The molecule has 0 saturated carbocycles. The van der Waals surface area contributed by atoms with Gasteiger partial charge in [-0.1, -0.05) is 61.5 Å². The first-order chi connectivity index (χ1) is 15.2. The van der Waals surface area contributed by atoms with E-state index in [-0.39, 0.29) is 0 Å². The van der Waals surface area contributed by atoms with Gasteiger partial charge in [0.15, 0.2) is 0 Å². The molecule has 0 bridgehead atoms. The van der Waals surface area contributed by atoms with Gasteiger partial charge < -0.3 is 0 Å². The molecule has 0 aliphatic heterocycles. The average molecular weight is 402 g/mol. The van der Waals surface area contributed by atoms with Crippen molar-refractivity contribution in [1.82, 2.24) is 15.0 Å². The van der Waals surface area contributed by atoms with Crippen molar-refractivity contribution < 1.29 is 0 Å². The maximum absolute atomic E-state index is 5.10. The van der Waals surface area contributed by atoms with Gasteiger partial charge in [-0.05, 0) is 54.3 Å². The van der Waals surface area contributed by atoms with E-state index in [0.29, 0.717) is 0 Å². The third-order valence-corrected chi connectivity index (χ3v) is 5.68. The smallest absolute Gasteiger partial charge is 0.0975 e. The molecule has 150 valence electrons. The van der Waals surface area contributed by atoms with Gasteiger partial charge in [0.05, 0.1) is 22.4 Å². The molecule has 0 aliphatic carbocycles. The fraction of sp³-hybridized carbons (Fsp3) is 0.107. The van der Waals surface area contributed by atoms with Crippen LogP contribution < -0.4 is 0 Å². The molecule has 3 heteroatoms. The van der Waals surface area contributed by atoms with E-state index >= 15 is 0 Å². The molecule has 2 heterocycles. The minimum atomic E-state index is 0.908. The normalized spacial score (nSPS) is 11.0. The summed E-state index contributed by atoms with van der Waals surface area (Å²) < 4.78 is 0. The predicted molar refractivity (Wildman–Crippen MR) is 128 cm³/mol. The Kier molecular flexibility index (Phi) is 5.01. The van der Waals surface area contributed by atoms with E-state index in [2.05, 4.69) is 49.2 Å². The van der Waals surface area contributed by atoms with Crippen LogP contribution in [0.25, 0.3) is 44.7 Å². The lowest BCUT2D eigenvalue weighted by atomic mass is 9.91. The van der Waals surface area contributed by atoms with Gasteiger partial charge in [-0.25, -0.2) is 9.97 Å². The average Bonchev–Trinajstić information content (AvgIpc) is 2.84. The Morgan fingerprint density at radius 1 is 0.677 bits per heavy atom. The zero-order valence-electron chi connectivity index (χ0n) is 17.7. The summed E-state index contributed by atoms with van der Waals surface area (Å²) in [4.78, 5) is 14.4. The number of aryl methyl sites for hydroxylation is 2. The van der Waals surface area contributed by atoms with Crippen LogP contribution in [0.2, 0.25) is 0 Å². The molecule has 31 heavy (non-hydrogen) atoms. The summed E-state index contributed by atoms with van der Waals surface area (Å²) in [5.41, 5.74) is 10.7. The Balaban J connectivity index is 1.78. The summed E-state index contributed by atoms with van der Waals surface area (Å²) in [6.45, 7) is 4.35. The first kappa shape index (κ1) is 19.1. The van der Waals surface area contributed by atoms with Gasteiger partial charge in [-0.2, -0.15) is 0 Å². The molecule has 0 saturated heterocycles. The first-order valence-corrected chi connectivity index (χ1v) is 10.6. The number of fused-ring (bicyclic) bond motifs is 1. The van der Waals surface area contributed by atoms with Crippen LogP contribution in [0.15, 0.2) is 91.3 Å². The van der Waals surface area contributed by atoms with Gasteiger partial charge in [0.25, 0.3) is 0 Å². The highest BCUT2D eigenvalue weighted by atomic mass is 14.8. The van der Waals surface area contributed by atoms with Crippen molar-refractivity contribution in [3.63, 3.8) is 0 Å². The number of aromatic nitrogens is 3. The van der Waals surface area contributed by atoms with Crippen LogP contribution in [0.5, 0.6) is 0 Å². The maximum atomic E-state index is 5.10. The molecule has 0 radical (unpaired) electrons. The second-order valence-corrected chi connectivity index (χ2v) is 7.70. The Labute approximate surface area is 182 Å². The highest BCUT2D eigenvalue weighted by Crippen LogP contribution is 2.36. The summed E-state index contributed by atoms with van der Waals surface area (Å²) in [5.74, 6) is 0. The Bertz CT molecular complexity index is 1360. The number of hydrogen-bond donors (Lipinski definition) is 0. The maximum Gasteiger partial charge on any atom is 0.0975 e. The molecule has 0 spiro atoms. The molecule has 0 unspecified atom stereocenters. The van der Waals surface area contributed by atoms with E-state index in [9.17, 15) is 0 Å². The van der Waals surface area contributed by atoms with Crippen LogP contribution in [0, 0.1) is 6.92 Å². The quantitative estimate of drug-likeness (QED) is 0.329. The van der Waals surface area contributed by atoms with Crippen molar-refractivity contribution in [3.05, 3.63) is 102 Å². The molecular formula is C28H23N3. The van der Waals surface area contributed by atoms with Gasteiger partial charge >= 0.3 is 0 Å². The van der Waals surface area contributed by atoms with E-state index in [1.54, 1.807) is 0 Å². The number of para-hydroxylation sites is 2. The van der Waals surface area contributed by atoms with E-state index in [1.165, 1.54) is 16.7 Å². The van der Waals surface area contributed by atoms with E-state index < -0.39 is 0 Å². The monoisotopic (exact) mass is 401 g/mol. The molecule has 3 aromatic carbocycles. The van der Waals surface area contributed by atoms with Crippen LogP contribution in [0.3, 0.4) is 0 Å².